The van der Waals surface area contributed by atoms with Crippen LogP contribution in [0.5, 0.6) is 5.75 Å². The van der Waals surface area contributed by atoms with E-state index < -0.39 is 0 Å². The van der Waals surface area contributed by atoms with Gasteiger partial charge in [-0.25, -0.2) is 5.01 Å². The van der Waals surface area contributed by atoms with Crippen molar-refractivity contribution < 1.29 is 9.53 Å². The summed E-state index contributed by atoms with van der Waals surface area (Å²) in [5, 5.41) is 6.88. The van der Waals surface area contributed by atoms with E-state index in [2.05, 4.69) is 15.9 Å². The first kappa shape index (κ1) is 19.7. The number of carbonyl (C=O) groups excluding carboxylic acids is 1. The number of methoxy groups -OCH3 is 1. The molecule has 1 heterocycles. The molecular formula is C23H18BrClN2O2. The zero-order valence-corrected chi connectivity index (χ0v) is 18.0. The lowest BCUT2D eigenvalue weighted by atomic mass is 9.98. The van der Waals surface area contributed by atoms with E-state index in [0.717, 1.165) is 27.1 Å². The van der Waals surface area contributed by atoms with Crippen LogP contribution in [0.4, 0.5) is 0 Å². The molecule has 146 valence electrons. The van der Waals surface area contributed by atoms with Crippen molar-refractivity contribution in [1.82, 2.24) is 5.01 Å². The first-order chi connectivity index (χ1) is 14.0. The van der Waals surface area contributed by atoms with Gasteiger partial charge in [-0.2, -0.15) is 5.10 Å². The van der Waals surface area contributed by atoms with Gasteiger partial charge < -0.3 is 4.74 Å². The Labute approximate surface area is 182 Å². The second-order valence-electron chi connectivity index (χ2n) is 6.70. The number of hydrogen-bond acceptors (Lipinski definition) is 3. The van der Waals surface area contributed by atoms with Crippen molar-refractivity contribution in [2.45, 2.75) is 12.5 Å². The average molecular weight is 470 g/mol. The molecule has 1 amide bonds. The molecule has 1 atom stereocenters. The zero-order valence-electron chi connectivity index (χ0n) is 15.7. The monoisotopic (exact) mass is 468 g/mol. The van der Waals surface area contributed by atoms with Crippen LogP contribution in [0.3, 0.4) is 0 Å². The molecular weight excluding hydrogens is 452 g/mol. The number of amides is 1. The van der Waals surface area contributed by atoms with Crippen LogP contribution in [0.1, 0.15) is 33.9 Å². The predicted molar refractivity (Wildman–Crippen MR) is 119 cm³/mol. The Morgan fingerprint density at radius 3 is 2.31 bits per heavy atom. The van der Waals surface area contributed by atoms with Crippen molar-refractivity contribution in [2.75, 3.05) is 7.11 Å². The van der Waals surface area contributed by atoms with Gasteiger partial charge in [0.15, 0.2) is 0 Å². The lowest BCUT2D eigenvalue weighted by Gasteiger charge is -2.22. The van der Waals surface area contributed by atoms with Crippen LogP contribution < -0.4 is 4.74 Å². The summed E-state index contributed by atoms with van der Waals surface area (Å²) < 4.78 is 6.23. The molecule has 0 saturated heterocycles. The molecule has 0 N–H and O–H groups in total. The highest BCUT2D eigenvalue weighted by atomic mass is 79.9. The van der Waals surface area contributed by atoms with Crippen molar-refractivity contribution in [3.05, 3.63) is 99.0 Å². The molecule has 0 aliphatic carbocycles. The first-order valence-corrected chi connectivity index (χ1v) is 10.3. The number of halogens is 2. The Kier molecular flexibility index (Phi) is 5.69. The van der Waals surface area contributed by atoms with Gasteiger partial charge in [0.2, 0.25) is 0 Å². The third-order valence-corrected chi connectivity index (χ3v) is 5.67. The molecule has 0 radical (unpaired) electrons. The molecule has 6 heteroatoms. The van der Waals surface area contributed by atoms with E-state index in [-0.39, 0.29) is 11.9 Å². The summed E-state index contributed by atoms with van der Waals surface area (Å²) in [6.07, 6.45) is 0.632. The lowest BCUT2D eigenvalue weighted by molar-refractivity contribution is 0.0711. The fourth-order valence-corrected chi connectivity index (χ4v) is 3.72. The topological polar surface area (TPSA) is 41.9 Å². The van der Waals surface area contributed by atoms with Crippen molar-refractivity contribution >= 4 is 39.1 Å². The molecule has 1 aliphatic rings. The number of carbonyl (C=O) groups is 1. The summed E-state index contributed by atoms with van der Waals surface area (Å²) in [5.74, 6) is 0.629. The minimum Gasteiger partial charge on any atom is -0.497 e. The smallest absolute Gasteiger partial charge is 0.274 e. The molecule has 0 spiro atoms. The van der Waals surface area contributed by atoms with Gasteiger partial charge >= 0.3 is 0 Å². The minimum atomic E-state index is -0.177. The molecule has 0 fully saturated rings. The predicted octanol–water partition coefficient (Wildman–Crippen LogP) is 6.10. The summed E-state index contributed by atoms with van der Waals surface area (Å²) in [4.78, 5) is 13.2. The highest BCUT2D eigenvalue weighted by Crippen LogP contribution is 2.35. The van der Waals surface area contributed by atoms with Crippen LogP contribution in [0.2, 0.25) is 5.02 Å². The largest absolute Gasteiger partial charge is 0.497 e. The van der Waals surface area contributed by atoms with Crippen molar-refractivity contribution in [1.29, 1.82) is 0 Å². The van der Waals surface area contributed by atoms with Crippen molar-refractivity contribution in [3.63, 3.8) is 0 Å². The van der Waals surface area contributed by atoms with Crippen LogP contribution in [0.15, 0.2) is 82.4 Å². The van der Waals surface area contributed by atoms with Crippen LogP contribution in [0, 0.1) is 0 Å². The summed E-state index contributed by atoms with van der Waals surface area (Å²) >= 11 is 9.45. The van der Waals surface area contributed by atoms with E-state index in [1.54, 1.807) is 36.4 Å². The molecule has 4 nitrogen and oxygen atoms in total. The van der Waals surface area contributed by atoms with Gasteiger partial charge in [-0.1, -0.05) is 39.7 Å². The van der Waals surface area contributed by atoms with Crippen molar-refractivity contribution in [2.24, 2.45) is 5.10 Å². The number of nitrogens with zero attached hydrogens (tertiary/aromatic N) is 2. The molecule has 3 aromatic carbocycles. The van der Waals surface area contributed by atoms with E-state index in [4.69, 9.17) is 21.4 Å². The quantitative estimate of drug-likeness (QED) is 0.463. The van der Waals surface area contributed by atoms with Gasteiger partial charge in [-0.05, 0) is 71.8 Å². The maximum absolute atomic E-state index is 13.2. The first-order valence-electron chi connectivity index (χ1n) is 9.11. The number of rotatable bonds is 4. The Balaban J connectivity index is 1.70. The number of hydrogen-bond donors (Lipinski definition) is 0. The van der Waals surface area contributed by atoms with E-state index in [0.29, 0.717) is 17.0 Å². The Morgan fingerprint density at radius 2 is 1.69 bits per heavy atom. The number of benzene rings is 3. The van der Waals surface area contributed by atoms with E-state index in [1.807, 2.05) is 48.5 Å². The van der Waals surface area contributed by atoms with Gasteiger partial charge in [-0.15, -0.1) is 0 Å². The Bertz CT molecular complexity index is 1050. The van der Waals surface area contributed by atoms with Crippen LogP contribution in [-0.4, -0.2) is 23.7 Å². The second kappa shape index (κ2) is 8.39. The summed E-state index contributed by atoms with van der Waals surface area (Å²) in [6, 6.07) is 22.4. The molecule has 29 heavy (non-hydrogen) atoms. The lowest BCUT2D eigenvalue weighted by Crippen LogP contribution is -2.27. The average Bonchev–Trinajstić information content (AvgIpc) is 3.20. The third kappa shape index (κ3) is 4.21. The Morgan fingerprint density at radius 1 is 1.03 bits per heavy atom. The maximum atomic E-state index is 13.2. The molecule has 0 bridgehead atoms. The fourth-order valence-electron chi connectivity index (χ4n) is 3.32. The molecule has 0 aromatic heterocycles. The van der Waals surface area contributed by atoms with E-state index in [1.165, 1.54) is 0 Å². The van der Waals surface area contributed by atoms with Gasteiger partial charge in [0.05, 0.1) is 18.9 Å². The van der Waals surface area contributed by atoms with Gasteiger partial charge in [0.25, 0.3) is 5.91 Å². The molecule has 0 saturated carbocycles. The zero-order chi connectivity index (χ0) is 20.4. The highest BCUT2D eigenvalue weighted by molar-refractivity contribution is 9.10. The minimum absolute atomic E-state index is 0.155. The van der Waals surface area contributed by atoms with Crippen LogP contribution in [0.25, 0.3) is 0 Å². The second-order valence-corrected chi connectivity index (χ2v) is 8.06. The van der Waals surface area contributed by atoms with E-state index in [9.17, 15) is 4.79 Å². The number of hydrazone groups is 1. The maximum Gasteiger partial charge on any atom is 0.274 e. The van der Waals surface area contributed by atoms with Gasteiger partial charge in [-0.3, -0.25) is 4.79 Å². The fraction of sp³-hybridized carbons (Fsp3) is 0.130. The normalized spacial score (nSPS) is 15.9. The van der Waals surface area contributed by atoms with Gasteiger partial charge in [0, 0.05) is 21.5 Å². The molecule has 1 aliphatic heterocycles. The molecule has 1 unspecified atom stereocenters. The summed E-state index contributed by atoms with van der Waals surface area (Å²) in [6.45, 7) is 0. The highest BCUT2D eigenvalue weighted by Gasteiger charge is 2.33. The standard InChI is InChI=1S/C23H18BrClN2O2/c1-29-20-12-6-15(7-13-20)21-14-22(16-2-8-18(24)9-3-16)27(26-21)23(28)17-4-10-19(25)11-5-17/h2-13,22H,14H2,1H3. The molecule has 3 aromatic rings. The third-order valence-electron chi connectivity index (χ3n) is 4.89. The van der Waals surface area contributed by atoms with Gasteiger partial charge in [0.1, 0.15) is 5.75 Å². The summed E-state index contributed by atoms with van der Waals surface area (Å²) in [5.41, 5.74) is 3.42. The Hall–Kier alpha value is -2.63. The van der Waals surface area contributed by atoms with E-state index >= 15 is 0 Å². The SMILES string of the molecule is COc1ccc(C2=NN(C(=O)c3ccc(Cl)cc3)C(c3ccc(Br)cc3)C2)cc1. The van der Waals surface area contributed by atoms with Crippen LogP contribution in [-0.2, 0) is 0 Å². The van der Waals surface area contributed by atoms with Crippen molar-refractivity contribution in [3.8, 4) is 5.75 Å². The molecule has 4 rings (SSSR count). The van der Waals surface area contributed by atoms with Crippen LogP contribution >= 0.6 is 27.5 Å². The number of ether oxygens (including phenoxy) is 1. The summed E-state index contributed by atoms with van der Waals surface area (Å²) in [7, 11) is 1.64.